The number of para-hydroxylation sites is 1. The largest absolute Gasteiger partial charge is 0.493 e. The van der Waals surface area contributed by atoms with Crippen LogP contribution in [-0.2, 0) is 20.9 Å². The van der Waals surface area contributed by atoms with Crippen molar-refractivity contribution in [3.8, 4) is 11.5 Å². The highest BCUT2D eigenvalue weighted by Crippen LogP contribution is 2.38. The zero-order valence-corrected chi connectivity index (χ0v) is 28.4. The van der Waals surface area contributed by atoms with Crippen LogP contribution in [0.25, 0.3) is 22.7 Å². The number of esters is 1. The molecule has 3 aromatic carbocycles. The summed E-state index contributed by atoms with van der Waals surface area (Å²) in [5, 5.41) is 0.927. The Morgan fingerprint density at radius 3 is 2.43 bits per heavy atom. The Kier molecular flexibility index (Phi) is 8.92. The number of fused-ring (bicyclic) bond motifs is 2. The van der Waals surface area contributed by atoms with Crippen molar-refractivity contribution in [3.63, 3.8) is 0 Å². The van der Waals surface area contributed by atoms with Gasteiger partial charge in [0.2, 0.25) is 5.91 Å². The number of amides is 1. The molecule has 2 aliphatic heterocycles. The van der Waals surface area contributed by atoms with Crippen LogP contribution in [0.4, 0.5) is 0 Å². The lowest BCUT2D eigenvalue weighted by molar-refractivity contribution is -0.139. The quantitative estimate of drug-likeness (QED) is 0.213. The van der Waals surface area contributed by atoms with E-state index in [-0.39, 0.29) is 30.2 Å². The molecule has 0 N–H and O–H groups in total. The highest BCUT2D eigenvalue weighted by atomic mass is 32.1. The summed E-state index contributed by atoms with van der Waals surface area (Å²) in [6, 6.07) is 21.8. The number of nitrogens with zero attached hydrogens (tertiary/aromatic N) is 4. The second-order valence-electron chi connectivity index (χ2n) is 11.9. The van der Waals surface area contributed by atoms with Gasteiger partial charge in [-0.25, -0.2) is 9.79 Å². The van der Waals surface area contributed by atoms with E-state index in [0.717, 1.165) is 48.0 Å². The molecule has 0 saturated carbocycles. The summed E-state index contributed by atoms with van der Waals surface area (Å²) < 4.78 is 20.7. The molecule has 1 saturated heterocycles. The maximum Gasteiger partial charge on any atom is 0.338 e. The van der Waals surface area contributed by atoms with Crippen molar-refractivity contribution < 1.29 is 23.8 Å². The van der Waals surface area contributed by atoms with Gasteiger partial charge in [0.25, 0.3) is 5.56 Å². The number of hydrogen-bond acceptors (Lipinski definition) is 8. The van der Waals surface area contributed by atoms with E-state index < -0.39 is 12.0 Å². The lowest BCUT2D eigenvalue weighted by Gasteiger charge is -2.26. The number of likely N-dealkylation sites (tertiary alicyclic amines) is 1. The predicted molar refractivity (Wildman–Crippen MR) is 188 cm³/mol. The first-order valence-electron chi connectivity index (χ1n) is 16.3. The van der Waals surface area contributed by atoms with Crippen LogP contribution in [0.1, 0.15) is 42.5 Å². The van der Waals surface area contributed by atoms with Crippen LogP contribution < -0.4 is 24.4 Å². The van der Waals surface area contributed by atoms with Gasteiger partial charge in [0, 0.05) is 41.3 Å². The van der Waals surface area contributed by atoms with Gasteiger partial charge >= 0.3 is 5.97 Å². The Morgan fingerprint density at radius 2 is 1.69 bits per heavy atom. The average molecular weight is 677 g/mol. The molecule has 0 bridgehead atoms. The number of ether oxygens (including phenoxy) is 3. The van der Waals surface area contributed by atoms with E-state index in [1.54, 1.807) is 37.8 Å². The first kappa shape index (κ1) is 32.1. The number of carbonyl (C=O) groups is 2. The van der Waals surface area contributed by atoms with E-state index in [2.05, 4.69) is 0 Å². The maximum absolute atomic E-state index is 14.5. The molecule has 2 aliphatic rings. The summed E-state index contributed by atoms with van der Waals surface area (Å²) in [7, 11) is 3.09. The number of methoxy groups -OCH3 is 2. The first-order chi connectivity index (χ1) is 23.9. The summed E-state index contributed by atoms with van der Waals surface area (Å²) in [6.07, 6.45) is 5.84. The molecular formula is C38H36N4O6S. The molecule has 4 heterocycles. The van der Waals surface area contributed by atoms with E-state index in [1.807, 2.05) is 82.4 Å². The van der Waals surface area contributed by atoms with E-state index in [9.17, 15) is 14.4 Å². The second kappa shape index (κ2) is 13.6. The van der Waals surface area contributed by atoms with Crippen molar-refractivity contribution in [2.75, 3.05) is 33.9 Å². The molecule has 1 atom stereocenters. The Bertz CT molecular complexity index is 2280. The third-order valence-corrected chi connectivity index (χ3v) is 9.95. The van der Waals surface area contributed by atoms with Gasteiger partial charge in [0.05, 0.1) is 42.7 Å². The molecule has 2 aromatic heterocycles. The molecule has 0 spiro atoms. The van der Waals surface area contributed by atoms with Crippen LogP contribution in [0.5, 0.6) is 11.5 Å². The minimum atomic E-state index is -0.869. The minimum Gasteiger partial charge on any atom is -0.493 e. The molecule has 11 heteroatoms. The highest BCUT2D eigenvalue weighted by Gasteiger charge is 2.35. The third-order valence-electron chi connectivity index (χ3n) is 8.97. The van der Waals surface area contributed by atoms with Gasteiger partial charge in [-0.05, 0) is 49.6 Å². The van der Waals surface area contributed by atoms with Crippen LogP contribution >= 0.6 is 11.3 Å². The van der Waals surface area contributed by atoms with E-state index >= 15 is 0 Å². The van der Waals surface area contributed by atoms with Crippen LogP contribution in [0.15, 0.2) is 94.4 Å². The molecular weight excluding hydrogens is 641 g/mol. The number of hydrogen-bond donors (Lipinski definition) is 0. The number of thiazole rings is 1. The van der Waals surface area contributed by atoms with E-state index in [4.69, 9.17) is 19.2 Å². The van der Waals surface area contributed by atoms with Crippen LogP contribution in [0.2, 0.25) is 0 Å². The van der Waals surface area contributed by atoms with Crippen molar-refractivity contribution in [2.24, 2.45) is 4.99 Å². The number of carbonyl (C=O) groups excluding carboxylic acids is 2. The highest BCUT2D eigenvalue weighted by molar-refractivity contribution is 7.07. The summed E-state index contributed by atoms with van der Waals surface area (Å²) in [5.74, 6) is 0.493. The summed E-state index contributed by atoms with van der Waals surface area (Å²) >= 11 is 1.25. The molecule has 1 fully saturated rings. The van der Waals surface area contributed by atoms with Gasteiger partial charge < -0.3 is 23.7 Å². The summed E-state index contributed by atoms with van der Waals surface area (Å²) in [4.78, 5) is 48.8. The van der Waals surface area contributed by atoms with Crippen molar-refractivity contribution in [3.05, 3.63) is 121 Å². The molecule has 7 rings (SSSR count). The summed E-state index contributed by atoms with van der Waals surface area (Å²) in [5.41, 5.74) is 3.45. The van der Waals surface area contributed by atoms with E-state index in [0.29, 0.717) is 32.1 Å². The van der Waals surface area contributed by atoms with Crippen LogP contribution in [0, 0.1) is 0 Å². The van der Waals surface area contributed by atoms with Crippen LogP contribution in [-0.4, -0.2) is 59.8 Å². The fourth-order valence-electron chi connectivity index (χ4n) is 6.65. The van der Waals surface area contributed by atoms with Gasteiger partial charge in [0.15, 0.2) is 16.3 Å². The molecule has 10 nitrogen and oxygen atoms in total. The monoisotopic (exact) mass is 676 g/mol. The number of aromatic nitrogens is 2. The van der Waals surface area contributed by atoms with Crippen molar-refractivity contribution in [2.45, 2.75) is 32.4 Å². The molecule has 5 aromatic rings. The lowest BCUT2D eigenvalue weighted by Crippen LogP contribution is -2.40. The Hall–Kier alpha value is -5.42. The summed E-state index contributed by atoms with van der Waals surface area (Å²) in [6.45, 7) is 3.69. The fraction of sp³-hybridized carbons (Fsp3) is 0.263. The van der Waals surface area contributed by atoms with Crippen LogP contribution in [0.3, 0.4) is 0 Å². The Balaban J connectivity index is 1.44. The normalized spacial score (nSPS) is 16.1. The Labute approximate surface area is 286 Å². The average Bonchev–Trinajstić information content (AvgIpc) is 3.87. The zero-order valence-electron chi connectivity index (χ0n) is 27.5. The SMILES string of the molecule is CCOC(=O)C1=C(c2ccccc2)N=c2s/c(=C/c3cn(CC(=O)N4CCCC4)c4ccccc34)c(=O)n2[C@@H]1c1ccc(OC)c(OC)c1. The van der Waals surface area contributed by atoms with Gasteiger partial charge in [0.1, 0.15) is 6.54 Å². The molecule has 0 unspecified atom stereocenters. The zero-order chi connectivity index (χ0) is 34.1. The van der Waals surface area contributed by atoms with Gasteiger partial charge in [-0.1, -0.05) is 65.9 Å². The Morgan fingerprint density at radius 1 is 0.959 bits per heavy atom. The smallest absolute Gasteiger partial charge is 0.338 e. The lowest BCUT2D eigenvalue weighted by atomic mass is 9.93. The first-order valence-corrected chi connectivity index (χ1v) is 17.1. The maximum atomic E-state index is 14.5. The molecule has 49 heavy (non-hydrogen) atoms. The topological polar surface area (TPSA) is 104 Å². The molecule has 0 radical (unpaired) electrons. The standard InChI is InChI=1S/C38H36N4O6S/c1-4-48-37(45)33-34(24-12-6-5-7-13-24)39-38-42(35(33)25-16-17-29(46-2)30(20-25)47-3)36(44)31(49-38)21-26-22-41(28-15-9-8-14-27(26)28)23-32(43)40-18-10-11-19-40/h5-9,12-17,20-22,35H,4,10-11,18-19,23H2,1-3H3/b31-21+/t35-/m1/s1. The van der Waals surface area contributed by atoms with Crippen molar-refractivity contribution >= 4 is 45.9 Å². The fourth-order valence-corrected chi connectivity index (χ4v) is 7.65. The minimum absolute atomic E-state index is 0.0824. The van der Waals surface area contributed by atoms with Gasteiger partial charge in [-0.15, -0.1) is 0 Å². The molecule has 250 valence electrons. The van der Waals surface area contributed by atoms with Crippen molar-refractivity contribution in [1.82, 2.24) is 14.0 Å². The van der Waals surface area contributed by atoms with Gasteiger partial charge in [-0.2, -0.15) is 0 Å². The molecule has 0 aliphatic carbocycles. The van der Waals surface area contributed by atoms with Gasteiger partial charge in [-0.3, -0.25) is 14.2 Å². The van der Waals surface area contributed by atoms with E-state index in [1.165, 1.54) is 11.3 Å². The third kappa shape index (κ3) is 5.95. The number of rotatable bonds is 9. The number of benzene rings is 3. The predicted octanol–water partition coefficient (Wildman–Crippen LogP) is 4.53. The molecule has 1 amide bonds. The second-order valence-corrected chi connectivity index (χ2v) is 12.9. The van der Waals surface area contributed by atoms with Crippen molar-refractivity contribution in [1.29, 1.82) is 0 Å².